The second-order valence-corrected chi connectivity index (χ2v) is 7.26. The van der Waals surface area contributed by atoms with Crippen molar-refractivity contribution in [3.8, 4) is 17.2 Å². The van der Waals surface area contributed by atoms with Crippen molar-refractivity contribution < 1.29 is 18.0 Å². The van der Waals surface area contributed by atoms with Crippen molar-refractivity contribution in [1.29, 1.82) is 5.26 Å². The standard InChI is InChI=1S/C21H16F3N5O/c1-10-2-3-27-8-15(10)14-4-11-6-17(29-20(30)13-5-12(13)7-25)28-9-16(11)19(26)18(14)21(22,23)24/h2-4,6,8-9,12-13H,5,26H2,1H3,(H,28,29,30)/t12-,13+/m0/s1. The summed E-state index contributed by atoms with van der Waals surface area (Å²) in [5, 5.41) is 12.0. The van der Waals surface area contributed by atoms with Gasteiger partial charge in [0, 0.05) is 29.5 Å². The summed E-state index contributed by atoms with van der Waals surface area (Å²) >= 11 is 0. The number of nitrogens with two attached hydrogens (primary N) is 1. The van der Waals surface area contributed by atoms with Crippen LogP contribution in [0.1, 0.15) is 17.5 Å². The van der Waals surface area contributed by atoms with Crippen molar-refractivity contribution in [1.82, 2.24) is 9.97 Å². The molecule has 152 valence electrons. The average molecular weight is 411 g/mol. The van der Waals surface area contributed by atoms with Crippen molar-refractivity contribution in [2.24, 2.45) is 11.8 Å². The normalized spacial score (nSPS) is 18.1. The van der Waals surface area contributed by atoms with E-state index >= 15 is 0 Å². The molecule has 2 aromatic heterocycles. The first-order valence-corrected chi connectivity index (χ1v) is 9.11. The number of amides is 1. The molecule has 0 radical (unpaired) electrons. The highest BCUT2D eigenvalue weighted by atomic mass is 19.4. The van der Waals surface area contributed by atoms with Crippen molar-refractivity contribution in [3.05, 3.63) is 47.9 Å². The predicted octanol–water partition coefficient (Wildman–Crippen LogP) is 4.30. The van der Waals surface area contributed by atoms with E-state index in [1.54, 1.807) is 13.0 Å². The molecule has 9 heteroatoms. The van der Waals surface area contributed by atoms with Crippen LogP contribution in [0.2, 0.25) is 0 Å². The topological polar surface area (TPSA) is 105 Å². The molecule has 6 nitrogen and oxygen atoms in total. The fourth-order valence-electron chi connectivity index (χ4n) is 3.50. The number of nitrogen functional groups attached to an aromatic ring is 1. The molecule has 1 fully saturated rings. The Morgan fingerprint density at radius 1 is 1.30 bits per heavy atom. The van der Waals surface area contributed by atoms with Crippen LogP contribution in [-0.2, 0) is 11.0 Å². The van der Waals surface area contributed by atoms with Gasteiger partial charge in [-0.15, -0.1) is 0 Å². The molecule has 2 atom stereocenters. The molecule has 1 amide bonds. The third-order valence-electron chi connectivity index (χ3n) is 5.22. The van der Waals surface area contributed by atoms with E-state index in [-0.39, 0.29) is 28.6 Å². The number of alkyl halides is 3. The second-order valence-electron chi connectivity index (χ2n) is 7.26. The van der Waals surface area contributed by atoms with E-state index < -0.39 is 23.3 Å². The summed E-state index contributed by atoms with van der Waals surface area (Å²) < 4.78 is 41.6. The number of nitrogens with one attached hydrogen (secondary N) is 1. The first kappa shape index (κ1) is 19.6. The number of hydrogen-bond acceptors (Lipinski definition) is 5. The zero-order chi connectivity index (χ0) is 21.6. The lowest BCUT2D eigenvalue weighted by atomic mass is 9.92. The molecule has 3 aromatic rings. The molecule has 1 aliphatic rings. The largest absolute Gasteiger partial charge is 0.419 e. The van der Waals surface area contributed by atoms with Gasteiger partial charge < -0.3 is 11.1 Å². The lowest BCUT2D eigenvalue weighted by Crippen LogP contribution is -2.16. The molecule has 0 aliphatic heterocycles. The zero-order valence-electron chi connectivity index (χ0n) is 15.8. The van der Waals surface area contributed by atoms with E-state index in [0.29, 0.717) is 22.9 Å². The highest BCUT2D eigenvalue weighted by Crippen LogP contribution is 2.45. The maximum Gasteiger partial charge on any atom is 0.419 e. The summed E-state index contributed by atoms with van der Waals surface area (Å²) in [6, 6.07) is 6.51. The molecule has 4 rings (SSSR count). The highest BCUT2D eigenvalue weighted by Gasteiger charge is 2.43. The van der Waals surface area contributed by atoms with Crippen molar-refractivity contribution >= 4 is 28.2 Å². The second kappa shape index (κ2) is 6.99. The highest BCUT2D eigenvalue weighted by molar-refractivity contribution is 6.02. The van der Waals surface area contributed by atoms with Crippen molar-refractivity contribution in [2.45, 2.75) is 19.5 Å². The number of rotatable bonds is 3. The Labute approximate surface area is 169 Å². The van der Waals surface area contributed by atoms with Crippen molar-refractivity contribution in [2.75, 3.05) is 11.1 Å². The lowest BCUT2D eigenvalue weighted by Gasteiger charge is -2.19. The van der Waals surface area contributed by atoms with E-state index in [1.165, 1.54) is 30.7 Å². The summed E-state index contributed by atoms with van der Waals surface area (Å²) in [7, 11) is 0. The summed E-state index contributed by atoms with van der Waals surface area (Å²) in [5.74, 6) is -0.852. The van der Waals surface area contributed by atoms with Crippen LogP contribution in [0, 0.1) is 30.1 Å². The molecule has 0 saturated heterocycles. The number of halogens is 3. The summed E-state index contributed by atoms with van der Waals surface area (Å²) in [5.41, 5.74) is 5.40. The van der Waals surface area contributed by atoms with E-state index in [9.17, 15) is 18.0 Å². The van der Waals surface area contributed by atoms with E-state index in [0.717, 1.165) is 0 Å². The number of hydrogen-bond donors (Lipinski definition) is 2. The Balaban J connectivity index is 1.84. The number of carbonyl (C=O) groups is 1. The fraction of sp³-hybridized carbons (Fsp3) is 0.238. The molecule has 1 saturated carbocycles. The van der Waals surface area contributed by atoms with Gasteiger partial charge in [0.1, 0.15) is 5.82 Å². The fourth-order valence-corrected chi connectivity index (χ4v) is 3.50. The van der Waals surface area contributed by atoms with Crippen LogP contribution < -0.4 is 11.1 Å². The van der Waals surface area contributed by atoms with Gasteiger partial charge in [0.05, 0.1) is 29.2 Å². The molecule has 3 N–H and O–H groups in total. The minimum Gasteiger partial charge on any atom is -0.398 e. The van der Waals surface area contributed by atoms with Crippen LogP contribution in [0.3, 0.4) is 0 Å². The molecule has 2 heterocycles. The Bertz CT molecular complexity index is 1220. The van der Waals surface area contributed by atoms with Crippen LogP contribution in [0.5, 0.6) is 0 Å². The number of aryl methyl sites for hydroxylation is 1. The summed E-state index contributed by atoms with van der Waals surface area (Å²) in [6.07, 6.45) is -0.113. The maximum absolute atomic E-state index is 13.9. The van der Waals surface area contributed by atoms with Gasteiger partial charge in [-0.25, -0.2) is 4.98 Å². The van der Waals surface area contributed by atoms with Crippen LogP contribution in [0.25, 0.3) is 21.9 Å². The molecule has 0 bridgehead atoms. The number of fused-ring (bicyclic) bond motifs is 1. The van der Waals surface area contributed by atoms with Crippen LogP contribution in [0.4, 0.5) is 24.7 Å². The summed E-state index contributed by atoms with van der Waals surface area (Å²) in [6.45, 7) is 1.69. The van der Waals surface area contributed by atoms with Gasteiger partial charge >= 0.3 is 6.18 Å². The number of benzene rings is 1. The van der Waals surface area contributed by atoms with E-state index in [4.69, 9.17) is 11.0 Å². The minimum atomic E-state index is -4.68. The third kappa shape index (κ3) is 3.41. The molecular weight excluding hydrogens is 395 g/mol. The number of anilines is 2. The maximum atomic E-state index is 13.9. The van der Waals surface area contributed by atoms with E-state index in [2.05, 4.69) is 15.3 Å². The Morgan fingerprint density at radius 3 is 2.70 bits per heavy atom. The minimum absolute atomic E-state index is 0.0895. The first-order chi connectivity index (χ1) is 14.2. The van der Waals surface area contributed by atoms with Gasteiger partial charge in [-0.05, 0) is 48.1 Å². The molecule has 30 heavy (non-hydrogen) atoms. The first-order valence-electron chi connectivity index (χ1n) is 9.11. The van der Waals surface area contributed by atoms with Gasteiger partial charge in [-0.3, -0.25) is 9.78 Å². The molecule has 0 unspecified atom stereocenters. The lowest BCUT2D eigenvalue weighted by molar-refractivity contribution is -0.136. The van der Waals surface area contributed by atoms with Crippen LogP contribution in [0.15, 0.2) is 36.8 Å². The van der Waals surface area contributed by atoms with Gasteiger partial charge in [-0.2, -0.15) is 18.4 Å². The summed E-state index contributed by atoms with van der Waals surface area (Å²) in [4.78, 5) is 20.2. The van der Waals surface area contributed by atoms with Crippen LogP contribution in [-0.4, -0.2) is 15.9 Å². The van der Waals surface area contributed by atoms with E-state index in [1.807, 2.05) is 6.07 Å². The quantitative estimate of drug-likeness (QED) is 0.625. The van der Waals surface area contributed by atoms with Gasteiger partial charge in [0.15, 0.2) is 0 Å². The smallest absolute Gasteiger partial charge is 0.398 e. The molecule has 1 aromatic carbocycles. The number of nitriles is 1. The SMILES string of the molecule is Cc1ccncc1-c1cc2cc(NC(=O)[C@@H]3C[C@H]3C#N)ncc2c(N)c1C(F)(F)F. The van der Waals surface area contributed by atoms with Crippen molar-refractivity contribution in [3.63, 3.8) is 0 Å². The Morgan fingerprint density at radius 2 is 2.07 bits per heavy atom. The van der Waals surface area contributed by atoms with Gasteiger partial charge in [0.25, 0.3) is 0 Å². The number of aromatic nitrogens is 2. The predicted molar refractivity (Wildman–Crippen MR) is 105 cm³/mol. The molecular formula is C21H16F3N5O. The molecule has 0 spiro atoms. The average Bonchev–Trinajstić information content (AvgIpc) is 3.47. The van der Waals surface area contributed by atoms with Crippen LogP contribution >= 0.6 is 0 Å². The number of carbonyl (C=O) groups excluding carboxylic acids is 1. The molecule has 1 aliphatic carbocycles. The van der Waals surface area contributed by atoms with Gasteiger partial charge in [0.2, 0.25) is 5.91 Å². The third-order valence-corrected chi connectivity index (χ3v) is 5.22. The number of nitrogens with zero attached hydrogens (tertiary/aromatic N) is 3. The Hall–Kier alpha value is -3.67. The number of pyridine rings is 2. The zero-order valence-corrected chi connectivity index (χ0v) is 15.8. The Kier molecular flexibility index (Phi) is 4.57. The monoisotopic (exact) mass is 411 g/mol. The van der Waals surface area contributed by atoms with Gasteiger partial charge in [-0.1, -0.05) is 0 Å².